The molecule has 1 aliphatic heterocycles. The van der Waals surface area contributed by atoms with Gasteiger partial charge >= 0.3 is 0 Å². The van der Waals surface area contributed by atoms with Crippen LogP contribution in [0.3, 0.4) is 0 Å². The zero-order chi connectivity index (χ0) is 23.5. The van der Waals surface area contributed by atoms with Gasteiger partial charge in [-0.3, -0.25) is 9.36 Å². The molecule has 0 bridgehead atoms. The highest BCUT2D eigenvalue weighted by Crippen LogP contribution is 2.35. The Morgan fingerprint density at radius 2 is 1.97 bits per heavy atom. The Hall–Kier alpha value is -2.02. The van der Waals surface area contributed by atoms with E-state index in [1.807, 2.05) is 27.7 Å². The van der Waals surface area contributed by atoms with Crippen molar-refractivity contribution >= 4 is 40.9 Å². The van der Waals surface area contributed by atoms with Crippen LogP contribution in [0, 0.1) is 5.92 Å². The molecule has 0 aliphatic carbocycles. The number of halogens is 2. The molecule has 0 N–H and O–H groups in total. The lowest BCUT2D eigenvalue weighted by Gasteiger charge is -2.30. The maximum Gasteiger partial charge on any atom is 0.233 e. The number of rotatable bonds is 6. The zero-order valence-corrected chi connectivity index (χ0v) is 21.4. The molecule has 2 heterocycles. The lowest BCUT2D eigenvalue weighted by Crippen LogP contribution is -2.40. The van der Waals surface area contributed by atoms with Gasteiger partial charge in [-0.2, -0.15) is 0 Å². The fourth-order valence-corrected chi connectivity index (χ4v) is 5.58. The van der Waals surface area contributed by atoms with Gasteiger partial charge in [0.05, 0.1) is 16.5 Å². The smallest absolute Gasteiger partial charge is 0.233 e. The summed E-state index contributed by atoms with van der Waals surface area (Å²) < 4.78 is 2.02. The van der Waals surface area contributed by atoms with Crippen LogP contribution < -0.4 is 0 Å². The first-order chi connectivity index (χ1) is 15.8. The fourth-order valence-electron chi connectivity index (χ4n) is 4.24. The molecule has 33 heavy (non-hydrogen) atoms. The summed E-state index contributed by atoms with van der Waals surface area (Å²) in [6.45, 7) is 8.18. The monoisotopic (exact) mass is 502 g/mol. The minimum atomic E-state index is 0.143. The number of piperidine rings is 1. The Labute approximate surface area is 209 Å². The standard InChI is InChI=1S/C25H28Cl2N4OS/c1-16(2)19-8-4-5-9-22(19)31-24(20-11-10-18(26)13-21(20)27)28-29-25(31)33-15-23(32)30-12-6-7-17(3)14-30/h4-5,8-11,13,16-17H,6-7,12,14-15H2,1-3H3. The highest BCUT2D eigenvalue weighted by atomic mass is 35.5. The number of hydrogen-bond donors (Lipinski definition) is 0. The molecule has 1 amide bonds. The van der Waals surface area contributed by atoms with Crippen molar-refractivity contribution in [3.05, 3.63) is 58.1 Å². The first-order valence-electron chi connectivity index (χ1n) is 11.3. The average molecular weight is 503 g/mol. The number of para-hydroxylation sites is 1. The number of hydrogen-bond acceptors (Lipinski definition) is 4. The van der Waals surface area contributed by atoms with Crippen molar-refractivity contribution in [3.63, 3.8) is 0 Å². The van der Waals surface area contributed by atoms with Crippen LogP contribution in [0.5, 0.6) is 0 Å². The van der Waals surface area contributed by atoms with E-state index in [1.54, 1.807) is 12.1 Å². The number of benzene rings is 2. The number of likely N-dealkylation sites (tertiary alicyclic amines) is 1. The summed E-state index contributed by atoms with van der Waals surface area (Å²) >= 11 is 14.1. The molecule has 1 unspecified atom stereocenters. The first-order valence-corrected chi connectivity index (χ1v) is 13.0. The molecular weight excluding hydrogens is 475 g/mol. The van der Waals surface area contributed by atoms with Crippen molar-refractivity contribution in [1.82, 2.24) is 19.7 Å². The van der Waals surface area contributed by atoms with Crippen LogP contribution in [0.1, 0.15) is 45.1 Å². The first kappa shape index (κ1) is 24.1. The van der Waals surface area contributed by atoms with E-state index in [1.165, 1.54) is 23.7 Å². The van der Waals surface area contributed by atoms with E-state index >= 15 is 0 Å². The van der Waals surface area contributed by atoms with Gasteiger partial charge in [0.2, 0.25) is 5.91 Å². The fraction of sp³-hybridized carbons (Fsp3) is 0.400. The third-order valence-corrected chi connectivity index (χ3v) is 7.40. The molecule has 0 radical (unpaired) electrons. The zero-order valence-electron chi connectivity index (χ0n) is 19.1. The van der Waals surface area contributed by atoms with Gasteiger partial charge in [-0.15, -0.1) is 10.2 Å². The predicted octanol–water partition coefficient (Wildman–Crippen LogP) is 6.72. The number of aromatic nitrogens is 3. The maximum atomic E-state index is 12.9. The summed E-state index contributed by atoms with van der Waals surface area (Å²) in [5.41, 5.74) is 2.90. The molecule has 174 valence electrons. The summed E-state index contributed by atoms with van der Waals surface area (Å²) in [6, 6.07) is 13.6. The van der Waals surface area contributed by atoms with Crippen molar-refractivity contribution in [1.29, 1.82) is 0 Å². The molecular formula is C25H28Cl2N4OS. The van der Waals surface area contributed by atoms with Gasteiger partial charge in [-0.25, -0.2) is 0 Å². The van der Waals surface area contributed by atoms with Crippen molar-refractivity contribution < 1.29 is 4.79 Å². The Morgan fingerprint density at radius 3 is 2.70 bits per heavy atom. The number of carbonyl (C=O) groups excluding carboxylic acids is 1. The molecule has 1 saturated heterocycles. The predicted molar refractivity (Wildman–Crippen MR) is 137 cm³/mol. The van der Waals surface area contributed by atoms with Gasteiger partial charge in [0, 0.05) is 23.7 Å². The number of amides is 1. The normalized spacial score (nSPS) is 16.4. The molecule has 5 nitrogen and oxygen atoms in total. The molecule has 4 rings (SSSR count). The van der Waals surface area contributed by atoms with E-state index < -0.39 is 0 Å². The maximum absolute atomic E-state index is 12.9. The minimum Gasteiger partial charge on any atom is -0.342 e. The largest absolute Gasteiger partial charge is 0.342 e. The number of thioether (sulfide) groups is 1. The number of nitrogens with zero attached hydrogens (tertiary/aromatic N) is 4. The van der Waals surface area contributed by atoms with Crippen LogP contribution in [0.2, 0.25) is 10.0 Å². The Balaban J connectivity index is 1.72. The van der Waals surface area contributed by atoms with Crippen LogP contribution >= 0.6 is 35.0 Å². The molecule has 1 aromatic heterocycles. The van der Waals surface area contributed by atoms with Crippen LogP contribution in [-0.2, 0) is 4.79 Å². The summed E-state index contributed by atoms with van der Waals surface area (Å²) in [5.74, 6) is 1.94. The minimum absolute atomic E-state index is 0.143. The molecule has 0 saturated carbocycles. The average Bonchev–Trinajstić information content (AvgIpc) is 3.20. The van der Waals surface area contributed by atoms with Gasteiger partial charge in [-0.1, -0.05) is 73.9 Å². The second kappa shape index (κ2) is 10.5. The summed E-state index contributed by atoms with van der Waals surface area (Å²) in [4.78, 5) is 14.9. The Bertz CT molecular complexity index is 1150. The Morgan fingerprint density at radius 1 is 1.18 bits per heavy atom. The molecule has 0 spiro atoms. The van der Waals surface area contributed by atoms with Crippen LogP contribution in [-0.4, -0.2) is 44.4 Å². The third kappa shape index (κ3) is 5.39. The SMILES string of the molecule is CC1CCCN(C(=O)CSc2nnc(-c3ccc(Cl)cc3Cl)n2-c2ccccc2C(C)C)C1. The third-order valence-electron chi connectivity index (χ3n) is 5.94. The summed E-state index contributed by atoms with van der Waals surface area (Å²) in [5, 5.41) is 10.7. The van der Waals surface area contributed by atoms with Gasteiger partial charge in [-0.05, 0) is 54.5 Å². The van der Waals surface area contributed by atoms with Crippen molar-refractivity contribution in [2.45, 2.75) is 44.7 Å². The van der Waals surface area contributed by atoms with E-state index in [9.17, 15) is 4.79 Å². The molecule has 2 aromatic carbocycles. The van der Waals surface area contributed by atoms with Crippen LogP contribution in [0.25, 0.3) is 17.1 Å². The van der Waals surface area contributed by atoms with E-state index in [4.69, 9.17) is 23.2 Å². The van der Waals surface area contributed by atoms with Crippen LogP contribution in [0.15, 0.2) is 47.6 Å². The second-order valence-electron chi connectivity index (χ2n) is 8.86. The lowest BCUT2D eigenvalue weighted by atomic mass is 10.0. The summed E-state index contributed by atoms with van der Waals surface area (Å²) in [7, 11) is 0. The van der Waals surface area contributed by atoms with Crippen LogP contribution in [0.4, 0.5) is 0 Å². The summed E-state index contributed by atoms with van der Waals surface area (Å²) in [6.07, 6.45) is 2.25. The molecule has 8 heteroatoms. The molecule has 1 fully saturated rings. The lowest BCUT2D eigenvalue weighted by molar-refractivity contribution is -0.130. The van der Waals surface area contributed by atoms with Crippen molar-refractivity contribution in [3.8, 4) is 17.1 Å². The number of carbonyl (C=O) groups is 1. The second-order valence-corrected chi connectivity index (χ2v) is 10.6. The van der Waals surface area contributed by atoms with Gasteiger partial charge in [0.1, 0.15) is 0 Å². The molecule has 3 aromatic rings. The van der Waals surface area contributed by atoms with E-state index in [-0.39, 0.29) is 5.91 Å². The topological polar surface area (TPSA) is 51.0 Å². The van der Waals surface area contributed by atoms with Gasteiger partial charge in [0.25, 0.3) is 0 Å². The van der Waals surface area contributed by atoms with Crippen molar-refractivity contribution in [2.24, 2.45) is 5.92 Å². The van der Waals surface area contributed by atoms with E-state index in [0.29, 0.717) is 38.6 Å². The van der Waals surface area contributed by atoms with Crippen molar-refractivity contribution in [2.75, 3.05) is 18.8 Å². The van der Waals surface area contributed by atoms with E-state index in [2.05, 4.69) is 43.1 Å². The van der Waals surface area contributed by atoms with Gasteiger partial charge < -0.3 is 4.90 Å². The highest BCUT2D eigenvalue weighted by molar-refractivity contribution is 7.99. The molecule has 1 aliphatic rings. The van der Waals surface area contributed by atoms with E-state index in [0.717, 1.165) is 30.8 Å². The Kier molecular flexibility index (Phi) is 7.67. The van der Waals surface area contributed by atoms with Gasteiger partial charge in [0.15, 0.2) is 11.0 Å². The molecule has 1 atom stereocenters. The highest BCUT2D eigenvalue weighted by Gasteiger charge is 2.24. The quantitative estimate of drug-likeness (QED) is 0.351.